The largest absolute Gasteiger partial charge is 0.478 e. The predicted octanol–water partition coefficient (Wildman–Crippen LogP) is 1.21. The molecule has 0 aliphatic carbocycles. The second-order valence-electron chi connectivity index (χ2n) is 4.29. The molecule has 1 amide bonds. The minimum Gasteiger partial charge on any atom is -0.478 e. The van der Waals surface area contributed by atoms with Crippen molar-refractivity contribution in [2.24, 2.45) is 0 Å². The molecule has 1 heterocycles. The van der Waals surface area contributed by atoms with Crippen LogP contribution in [0.2, 0.25) is 0 Å². The highest BCUT2D eigenvalue weighted by molar-refractivity contribution is 5.92. The first kappa shape index (κ1) is 13.1. The van der Waals surface area contributed by atoms with Gasteiger partial charge in [0.25, 0.3) is 0 Å². The van der Waals surface area contributed by atoms with Crippen LogP contribution >= 0.6 is 0 Å². The van der Waals surface area contributed by atoms with Gasteiger partial charge in [0, 0.05) is 13.6 Å². The van der Waals surface area contributed by atoms with Crippen molar-refractivity contribution in [3.05, 3.63) is 30.1 Å². The molecule has 0 saturated heterocycles. The van der Waals surface area contributed by atoms with Gasteiger partial charge >= 0.3 is 5.97 Å². The van der Waals surface area contributed by atoms with E-state index >= 15 is 0 Å². The van der Waals surface area contributed by atoms with E-state index in [4.69, 9.17) is 5.11 Å². The van der Waals surface area contributed by atoms with Gasteiger partial charge in [-0.25, -0.2) is 9.78 Å². The third-order valence-electron chi connectivity index (χ3n) is 3.07. The van der Waals surface area contributed by atoms with Crippen molar-refractivity contribution in [3.8, 4) is 0 Å². The molecule has 100 valence electrons. The van der Waals surface area contributed by atoms with Gasteiger partial charge in [0.2, 0.25) is 5.91 Å². The van der Waals surface area contributed by atoms with Crippen LogP contribution in [-0.4, -0.2) is 45.0 Å². The highest BCUT2D eigenvalue weighted by Crippen LogP contribution is 2.15. The van der Waals surface area contributed by atoms with Gasteiger partial charge in [-0.2, -0.15) is 0 Å². The first-order chi connectivity index (χ1) is 9.02. The Hall–Kier alpha value is -2.37. The fraction of sp³-hybridized carbons (Fsp3) is 0.308. The number of hydrogen-bond donors (Lipinski definition) is 1. The smallest absolute Gasteiger partial charge is 0.335 e. The summed E-state index contributed by atoms with van der Waals surface area (Å²) < 4.78 is 1.66. The summed E-state index contributed by atoms with van der Waals surface area (Å²) in [5.41, 5.74) is 1.51. The monoisotopic (exact) mass is 261 g/mol. The molecule has 0 radical (unpaired) electrons. The molecule has 6 nitrogen and oxygen atoms in total. The van der Waals surface area contributed by atoms with Crippen LogP contribution in [0.25, 0.3) is 11.0 Å². The van der Waals surface area contributed by atoms with E-state index in [0.717, 1.165) is 0 Å². The number of nitrogens with zero attached hydrogens (tertiary/aromatic N) is 3. The molecule has 1 aromatic heterocycles. The van der Waals surface area contributed by atoms with Crippen molar-refractivity contribution in [1.29, 1.82) is 0 Å². The fourth-order valence-electron chi connectivity index (χ4n) is 1.76. The third-order valence-corrected chi connectivity index (χ3v) is 3.07. The zero-order chi connectivity index (χ0) is 14.0. The number of carbonyl (C=O) groups is 2. The van der Waals surface area contributed by atoms with Crippen LogP contribution < -0.4 is 0 Å². The average Bonchev–Trinajstić information content (AvgIpc) is 2.80. The molecule has 0 unspecified atom stereocenters. The summed E-state index contributed by atoms with van der Waals surface area (Å²) in [6.07, 6.45) is 1.55. The number of carboxylic acid groups (broad SMARTS) is 1. The lowest BCUT2D eigenvalue weighted by Gasteiger charge is -2.14. The lowest BCUT2D eigenvalue weighted by Crippen LogP contribution is -2.29. The van der Waals surface area contributed by atoms with Crippen LogP contribution in [-0.2, 0) is 11.3 Å². The van der Waals surface area contributed by atoms with Gasteiger partial charge in [-0.15, -0.1) is 0 Å². The summed E-state index contributed by atoms with van der Waals surface area (Å²) in [7, 11) is 1.73. The van der Waals surface area contributed by atoms with E-state index in [1.165, 1.54) is 12.1 Å². The van der Waals surface area contributed by atoms with E-state index in [0.29, 0.717) is 17.6 Å². The maximum Gasteiger partial charge on any atom is 0.335 e. The Morgan fingerprint density at radius 1 is 1.42 bits per heavy atom. The number of benzene rings is 1. The van der Waals surface area contributed by atoms with Gasteiger partial charge < -0.3 is 14.6 Å². The number of fused-ring (bicyclic) bond motifs is 1. The van der Waals surface area contributed by atoms with Crippen molar-refractivity contribution < 1.29 is 14.7 Å². The van der Waals surface area contributed by atoms with Crippen molar-refractivity contribution in [3.63, 3.8) is 0 Å². The van der Waals surface area contributed by atoms with E-state index in [1.807, 2.05) is 6.92 Å². The SMILES string of the molecule is CCN(C)C(=O)Cn1cnc2ccc(C(=O)O)cc21. The minimum atomic E-state index is -0.994. The van der Waals surface area contributed by atoms with Crippen LogP contribution in [0.5, 0.6) is 0 Å². The van der Waals surface area contributed by atoms with Crippen LogP contribution in [0.4, 0.5) is 0 Å². The summed E-state index contributed by atoms with van der Waals surface area (Å²) in [6.45, 7) is 2.68. The first-order valence-electron chi connectivity index (χ1n) is 5.95. The molecule has 19 heavy (non-hydrogen) atoms. The highest BCUT2D eigenvalue weighted by atomic mass is 16.4. The third kappa shape index (κ3) is 2.57. The van der Waals surface area contributed by atoms with Crippen molar-refractivity contribution in [2.75, 3.05) is 13.6 Å². The number of carbonyl (C=O) groups excluding carboxylic acids is 1. The standard InChI is InChI=1S/C13H15N3O3/c1-3-15(2)12(17)7-16-8-14-10-5-4-9(13(18)19)6-11(10)16/h4-6,8H,3,7H2,1-2H3,(H,18,19). The number of imidazole rings is 1. The molecular weight excluding hydrogens is 246 g/mol. The molecular formula is C13H15N3O3. The molecule has 0 aliphatic heterocycles. The van der Waals surface area contributed by atoms with E-state index in [-0.39, 0.29) is 18.0 Å². The van der Waals surface area contributed by atoms with E-state index < -0.39 is 5.97 Å². The molecule has 0 aliphatic rings. The predicted molar refractivity (Wildman–Crippen MR) is 70.0 cm³/mol. The number of hydrogen-bond acceptors (Lipinski definition) is 3. The zero-order valence-electron chi connectivity index (χ0n) is 10.8. The maximum absolute atomic E-state index is 11.9. The van der Waals surface area contributed by atoms with Gasteiger partial charge in [0.15, 0.2) is 0 Å². The zero-order valence-corrected chi connectivity index (χ0v) is 10.8. The molecule has 0 bridgehead atoms. The lowest BCUT2D eigenvalue weighted by molar-refractivity contribution is -0.130. The Morgan fingerprint density at radius 2 is 2.16 bits per heavy atom. The lowest BCUT2D eigenvalue weighted by atomic mass is 10.2. The number of aromatic nitrogens is 2. The molecule has 1 aromatic carbocycles. The van der Waals surface area contributed by atoms with Crippen LogP contribution in [0, 0.1) is 0 Å². The van der Waals surface area contributed by atoms with Gasteiger partial charge in [0.1, 0.15) is 6.54 Å². The second kappa shape index (κ2) is 5.09. The van der Waals surface area contributed by atoms with E-state index in [2.05, 4.69) is 4.98 Å². The summed E-state index contributed by atoms with van der Waals surface area (Å²) in [5, 5.41) is 8.98. The molecule has 0 fully saturated rings. The summed E-state index contributed by atoms with van der Waals surface area (Å²) in [4.78, 5) is 28.6. The Balaban J connectivity index is 2.36. The average molecular weight is 261 g/mol. The number of aromatic carboxylic acids is 1. The number of amides is 1. The van der Waals surface area contributed by atoms with E-state index in [9.17, 15) is 9.59 Å². The number of rotatable bonds is 4. The van der Waals surface area contributed by atoms with Crippen molar-refractivity contribution >= 4 is 22.9 Å². The Morgan fingerprint density at radius 3 is 2.79 bits per heavy atom. The van der Waals surface area contributed by atoms with E-state index in [1.54, 1.807) is 28.9 Å². The molecule has 1 N–H and O–H groups in total. The van der Waals surface area contributed by atoms with Gasteiger partial charge in [-0.1, -0.05) is 0 Å². The summed E-state index contributed by atoms with van der Waals surface area (Å²) in [5.74, 6) is -1.03. The molecule has 2 aromatic rings. The second-order valence-corrected chi connectivity index (χ2v) is 4.29. The van der Waals surface area contributed by atoms with Crippen molar-refractivity contribution in [1.82, 2.24) is 14.5 Å². The highest BCUT2D eigenvalue weighted by Gasteiger charge is 2.12. The molecule has 6 heteroatoms. The Bertz CT molecular complexity index is 633. The maximum atomic E-state index is 11.9. The van der Waals surface area contributed by atoms with Gasteiger partial charge in [-0.3, -0.25) is 4.79 Å². The van der Waals surface area contributed by atoms with Crippen molar-refractivity contribution in [2.45, 2.75) is 13.5 Å². The van der Waals surface area contributed by atoms with Crippen LogP contribution in [0.1, 0.15) is 17.3 Å². The molecule has 0 atom stereocenters. The Kier molecular flexibility index (Phi) is 3.50. The van der Waals surface area contributed by atoms with Gasteiger partial charge in [-0.05, 0) is 25.1 Å². The van der Waals surface area contributed by atoms with Gasteiger partial charge in [0.05, 0.1) is 22.9 Å². The minimum absolute atomic E-state index is 0.0393. The summed E-state index contributed by atoms with van der Waals surface area (Å²) in [6, 6.07) is 4.68. The van der Waals surface area contributed by atoms with Crippen LogP contribution in [0.15, 0.2) is 24.5 Å². The quantitative estimate of drug-likeness (QED) is 0.897. The Labute approximate surface area is 110 Å². The molecule has 0 spiro atoms. The molecule has 0 saturated carbocycles. The number of likely N-dealkylation sites (N-methyl/N-ethyl adjacent to an activating group) is 1. The van der Waals surface area contributed by atoms with Crippen LogP contribution in [0.3, 0.4) is 0 Å². The molecule has 2 rings (SSSR count). The topological polar surface area (TPSA) is 75.4 Å². The summed E-state index contributed by atoms with van der Waals surface area (Å²) >= 11 is 0. The first-order valence-corrected chi connectivity index (χ1v) is 5.95. The number of carboxylic acids is 1. The normalized spacial score (nSPS) is 10.6. The fourth-order valence-corrected chi connectivity index (χ4v) is 1.76.